The molecule has 5 rings (SSSR count). The average Bonchev–Trinajstić information content (AvgIpc) is 3.40. The molecule has 0 spiro atoms. The summed E-state index contributed by atoms with van der Waals surface area (Å²) in [5, 5.41) is 0. The fourth-order valence-corrected chi connectivity index (χ4v) is 4.56. The van der Waals surface area contributed by atoms with Crippen LogP contribution in [-0.4, -0.2) is 38.1 Å². The Labute approximate surface area is 199 Å². The number of fused-ring (bicyclic) bond motifs is 1. The molecule has 1 aromatic carbocycles. The Balaban J connectivity index is 1.30. The van der Waals surface area contributed by atoms with Crippen molar-refractivity contribution in [3.63, 3.8) is 0 Å². The van der Waals surface area contributed by atoms with Gasteiger partial charge in [0, 0.05) is 24.7 Å². The maximum absolute atomic E-state index is 6.27. The average molecular weight is 460 g/mol. The van der Waals surface area contributed by atoms with Crippen LogP contribution in [0.4, 0.5) is 6.01 Å². The molecule has 0 radical (unpaired) electrons. The van der Waals surface area contributed by atoms with Crippen molar-refractivity contribution in [2.24, 2.45) is 0 Å². The SMILES string of the molecule is Cc1ncccc1Oc1ncnc(O[C@H](C)CC2CCC(C)N2c2nc3ccccc3o2)c1C. The van der Waals surface area contributed by atoms with Crippen LogP contribution in [0.3, 0.4) is 0 Å². The summed E-state index contributed by atoms with van der Waals surface area (Å²) in [7, 11) is 0. The number of anilines is 1. The Bertz CT molecular complexity index is 1260. The minimum Gasteiger partial charge on any atom is -0.474 e. The Morgan fingerprint density at radius 1 is 1.06 bits per heavy atom. The van der Waals surface area contributed by atoms with Gasteiger partial charge >= 0.3 is 0 Å². The van der Waals surface area contributed by atoms with Crippen LogP contribution in [0.15, 0.2) is 53.3 Å². The van der Waals surface area contributed by atoms with Crippen molar-refractivity contribution in [2.75, 3.05) is 4.90 Å². The molecular formula is C26H29N5O3. The van der Waals surface area contributed by atoms with Gasteiger partial charge < -0.3 is 18.8 Å². The van der Waals surface area contributed by atoms with E-state index in [1.54, 1.807) is 6.20 Å². The van der Waals surface area contributed by atoms with E-state index in [0.29, 0.717) is 29.6 Å². The van der Waals surface area contributed by atoms with E-state index < -0.39 is 0 Å². The Morgan fingerprint density at radius 2 is 1.88 bits per heavy atom. The molecule has 4 aromatic rings. The number of aryl methyl sites for hydroxylation is 1. The van der Waals surface area contributed by atoms with E-state index in [9.17, 15) is 0 Å². The maximum Gasteiger partial charge on any atom is 0.298 e. The van der Waals surface area contributed by atoms with Gasteiger partial charge in [-0.15, -0.1) is 0 Å². The summed E-state index contributed by atoms with van der Waals surface area (Å²) >= 11 is 0. The summed E-state index contributed by atoms with van der Waals surface area (Å²) in [6.07, 6.45) is 6.11. The van der Waals surface area contributed by atoms with Crippen molar-refractivity contribution < 1.29 is 13.9 Å². The summed E-state index contributed by atoms with van der Waals surface area (Å²) in [4.78, 5) is 20.0. The van der Waals surface area contributed by atoms with Gasteiger partial charge in [-0.2, -0.15) is 4.98 Å². The molecule has 34 heavy (non-hydrogen) atoms. The molecule has 0 saturated carbocycles. The molecule has 1 aliphatic heterocycles. The molecule has 0 aliphatic carbocycles. The van der Waals surface area contributed by atoms with Gasteiger partial charge in [0.25, 0.3) is 6.01 Å². The molecular weight excluding hydrogens is 430 g/mol. The van der Waals surface area contributed by atoms with Gasteiger partial charge in [0.1, 0.15) is 11.8 Å². The molecule has 2 unspecified atom stereocenters. The summed E-state index contributed by atoms with van der Waals surface area (Å²) < 4.78 is 18.3. The van der Waals surface area contributed by atoms with Gasteiger partial charge in [0.15, 0.2) is 11.3 Å². The number of pyridine rings is 1. The van der Waals surface area contributed by atoms with Crippen LogP contribution in [-0.2, 0) is 0 Å². The second-order valence-electron chi connectivity index (χ2n) is 8.91. The molecule has 1 fully saturated rings. The lowest BCUT2D eigenvalue weighted by molar-refractivity contribution is 0.189. The molecule has 1 aliphatic rings. The molecule has 176 valence electrons. The van der Waals surface area contributed by atoms with Crippen LogP contribution in [0.2, 0.25) is 0 Å². The second-order valence-corrected chi connectivity index (χ2v) is 8.91. The maximum atomic E-state index is 6.27. The lowest BCUT2D eigenvalue weighted by atomic mass is 10.1. The second kappa shape index (κ2) is 9.29. The van der Waals surface area contributed by atoms with Gasteiger partial charge in [-0.25, -0.2) is 9.97 Å². The summed E-state index contributed by atoms with van der Waals surface area (Å²) in [6.45, 7) is 8.10. The monoisotopic (exact) mass is 459 g/mol. The molecule has 0 N–H and O–H groups in total. The first-order valence-corrected chi connectivity index (χ1v) is 11.7. The number of aromatic nitrogens is 4. The van der Waals surface area contributed by atoms with Crippen LogP contribution in [0.25, 0.3) is 11.1 Å². The minimum atomic E-state index is -0.0660. The van der Waals surface area contributed by atoms with Gasteiger partial charge in [-0.1, -0.05) is 12.1 Å². The molecule has 8 nitrogen and oxygen atoms in total. The van der Waals surface area contributed by atoms with Crippen LogP contribution >= 0.6 is 0 Å². The fraction of sp³-hybridized carbons (Fsp3) is 0.385. The number of benzene rings is 1. The fourth-order valence-electron chi connectivity index (χ4n) is 4.56. The lowest BCUT2D eigenvalue weighted by Gasteiger charge is -2.29. The smallest absolute Gasteiger partial charge is 0.298 e. The molecule has 3 aromatic heterocycles. The lowest BCUT2D eigenvalue weighted by Crippen LogP contribution is -2.37. The van der Waals surface area contributed by atoms with Crippen LogP contribution in [0.1, 0.15) is 44.4 Å². The van der Waals surface area contributed by atoms with Crippen molar-refractivity contribution in [3.8, 4) is 17.5 Å². The van der Waals surface area contributed by atoms with E-state index in [4.69, 9.17) is 18.9 Å². The number of ether oxygens (including phenoxy) is 2. The normalized spacial score (nSPS) is 18.9. The number of oxazole rings is 1. The molecule has 0 bridgehead atoms. The summed E-state index contributed by atoms with van der Waals surface area (Å²) in [5.74, 6) is 1.66. The van der Waals surface area contributed by atoms with E-state index >= 15 is 0 Å². The van der Waals surface area contributed by atoms with Crippen LogP contribution < -0.4 is 14.4 Å². The standard InChI is InChI=1S/C26H29N5O3/c1-16-11-12-20(31(16)26-30-21-8-5-6-9-23(21)34-26)14-17(2)32-24-18(3)25(29-15-28-24)33-22-10-7-13-27-19(22)4/h5-10,13,15-17,20H,11-12,14H2,1-4H3/t16?,17-,20?/m1/s1. The first-order valence-electron chi connectivity index (χ1n) is 11.7. The summed E-state index contributed by atoms with van der Waals surface area (Å²) in [5.41, 5.74) is 3.25. The predicted molar refractivity (Wildman–Crippen MR) is 129 cm³/mol. The van der Waals surface area contributed by atoms with Crippen molar-refractivity contribution in [1.82, 2.24) is 19.9 Å². The van der Waals surface area contributed by atoms with Gasteiger partial charge in [-0.05, 0) is 64.8 Å². The van der Waals surface area contributed by atoms with E-state index in [2.05, 4.69) is 33.7 Å². The predicted octanol–water partition coefficient (Wildman–Crippen LogP) is 5.64. The third-order valence-electron chi connectivity index (χ3n) is 6.36. The van der Waals surface area contributed by atoms with Gasteiger partial charge in [0.2, 0.25) is 11.8 Å². The first-order chi connectivity index (χ1) is 16.5. The quantitative estimate of drug-likeness (QED) is 0.351. The highest BCUT2D eigenvalue weighted by Gasteiger charge is 2.35. The molecule has 0 amide bonds. The Morgan fingerprint density at radius 3 is 2.71 bits per heavy atom. The van der Waals surface area contributed by atoms with Crippen molar-refractivity contribution in [3.05, 3.63) is 60.2 Å². The molecule has 3 atom stereocenters. The summed E-state index contributed by atoms with van der Waals surface area (Å²) in [6, 6.07) is 12.9. The highest BCUT2D eigenvalue weighted by atomic mass is 16.5. The highest BCUT2D eigenvalue weighted by molar-refractivity contribution is 5.74. The van der Waals surface area contributed by atoms with E-state index in [0.717, 1.165) is 41.6 Å². The molecule has 8 heteroatoms. The van der Waals surface area contributed by atoms with Crippen molar-refractivity contribution in [1.29, 1.82) is 0 Å². The van der Waals surface area contributed by atoms with E-state index in [1.165, 1.54) is 6.33 Å². The number of hydrogen-bond acceptors (Lipinski definition) is 8. The van der Waals surface area contributed by atoms with E-state index in [-0.39, 0.29) is 12.1 Å². The molecule has 1 saturated heterocycles. The Hall–Kier alpha value is -3.68. The van der Waals surface area contributed by atoms with Crippen LogP contribution in [0.5, 0.6) is 17.5 Å². The van der Waals surface area contributed by atoms with Crippen molar-refractivity contribution >= 4 is 17.1 Å². The number of hydrogen-bond donors (Lipinski definition) is 0. The number of rotatable bonds is 7. The first kappa shape index (κ1) is 22.1. The van der Waals surface area contributed by atoms with Gasteiger partial charge in [0.05, 0.1) is 17.4 Å². The van der Waals surface area contributed by atoms with Crippen LogP contribution in [0, 0.1) is 13.8 Å². The Kier molecular flexibility index (Phi) is 6.04. The zero-order chi connectivity index (χ0) is 23.7. The van der Waals surface area contributed by atoms with Crippen molar-refractivity contribution in [2.45, 2.75) is 65.1 Å². The third kappa shape index (κ3) is 4.40. The van der Waals surface area contributed by atoms with E-state index in [1.807, 2.05) is 50.2 Å². The topological polar surface area (TPSA) is 86.4 Å². The largest absolute Gasteiger partial charge is 0.474 e. The van der Waals surface area contributed by atoms with Gasteiger partial charge in [-0.3, -0.25) is 4.98 Å². The molecule has 4 heterocycles. The number of nitrogens with zero attached hydrogens (tertiary/aromatic N) is 5. The zero-order valence-corrected chi connectivity index (χ0v) is 19.9. The number of para-hydroxylation sites is 2. The zero-order valence-electron chi connectivity index (χ0n) is 19.9. The third-order valence-corrected chi connectivity index (χ3v) is 6.36. The highest BCUT2D eigenvalue weighted by Crippen LogP contribution is 2.35. The minimum absolute atomic E-state index is 0.0660.